The van der Waals surface area contributed by atoms with Crippen molar-refractivity contribution in [2.45, 2.75) is 57.3 Å². The molecule has 4 nitrogen and oxygen atoms in total. The van der Waals surface area contributed by atoms with Crippen molar-refractivity contribution in [3.63, 3.8) is 0 Å². The Bertz CT molecular complexity index is 549. The fraction of sp³-hybridized carbons (Fsp3) is 0.611. The first-order valence-corrected chi connectivity index (χ1v) is 8.35. The maximum atomic E-state index is 5.89. The number of rotatable bonds is 4. The van der Waals surface area contributed by atoms with Crippen LogP contribution in [-0.4, -0.2) is 37.8 Å². The molecule has 4 atom stereocenters. The quantitative estimate of drug-likeness (QED) is 0.439. The van der Waals surface area contributed by atoms with Gasteiger partial charge in [0.15, 0.2) is 5.96 Å². The molecule has 0 aliphatic carbocycles. The lowest BCUT2D eigenvalue weighted by Crippen LogP contribution is -2.48. The van der Waals surface area contributed by atoms with Gasteiger partial charge in [0, 0.05) is 13.6 Å². The van der Waals surface area contributed by atoms with Gasteiger partial charge in [0.2, 0.25) is 0 Å². The number of nitrogens with one attached hydrogen (secondary N) is 2. The van der Waals surface area contributed by atoms with Crippen LogP contribution in [0.25, 0.3) is 0 Å². The Kier molecular flexibility index (Phi) is 6.71. The first-order chi connectivity index (χ1) is 10.7. The molecular formula is C18H28IN3O. The van der Waals surface area contributed by atoms with Crippen molar-refractivity contribution < 1.29 is 4.74 Å². The second-order valence-corrected chi connectivity index (χ2v) is 6.63. The van der Waals surface area contributed by atoms with Gasteiger partial charge in [0.25, 0.3) is 0 Å². The van der Waals surface area contributed by atoms with Crippen LogP contribution in [0.3, 0.4) is 0 Å². The normalized spacial score (nSPS) is 27.4. The highest BCUT2D eigenvalue weighted by molar-refractivity contribution is 14.0. The van der Waals surface area contributed by atoms with E-state index < -0.39 is 0 Å². The first kappa shape index (κ1) is 18.5. The van der Waals surface area contributed by atoms with Crippen LogP contribution in [0.2, 0.25) is 0 Å². The molecule has 23 heavy (non-hydrogen) atoms. The molecule has 1 aromatic carbocycles. The molecular weight excluding hydrogens is 401 g/mol. The predicted octanol–water partition coefficient (Wildman–Crippen LogP) is 3.20. The zero-order valence-electron chi connectivity index (χ0n) is 14.2. The first-order valence-electron chi connectivity index (χ1n) is 8.35. The van der Waals surface area contributed by atoms with Gasteiger partial charge in [-0.1, -0.05) is 36.8 Å². The molecule has 2 aliphatic heterocycles. The fourth-order valence-electron chi connectivity index (χ4n) is 3.50. The summed E-state index contributed by atoms with van der Waals surface area (Å²) in [6.07, 6.45) is 4.35. The second kappa shape index (κ2) is 8.33. The highest BCUT2D eigenvalue weighted by atomic mass is 127. The van der Waals surface area contributed by atoms with Crippen LogP contribution >= 0.6 is 24.0 Å². The summed E-state index contributed by atoms with van der Waals surface area (Å²) < 4.78 is 5.89. The van der Waals surface area contributed by atoms with E-state index in [0.29, 0.717) is 24.2 Å². The maximum Gasteiger partial charge on any atom is 0.191 e. The van der Waals surface area contributed by atoms with Crippen molar-refractivity contribution in [3.05, 3.63) is 35.4 Å². The van der Waals surface area contributed by atoms with Crippen LogP contribution in [0.15, 0.2) is 29.3 Å². The lowest BCUT2D eigenvalue weighted by Gasteiger charge is -2.23. The molecule has 2 heterocycles. The molecule has 0 aromatic heterocycles. The van der Waals surface area contributed by atoms with Crippen LogP contribution in [0.5, 0.6) is 0 Å². The molecule has 1 aromatic rings. The summed E-state index contributed by atoms with van der Waals surface area (Å²) in [6.45, 7) is 5.26. The number of aliphatic imine (C=N–C) groups is 1. The number of benzene rings is 1. The lowest BCUT2D eigenvalue weighted by atomic mass is 9.95. The summed E-state index contributed by atoms with van der Waals surface area (Å²) in [4.78, 5) is 4.36. The Morgan fingerprint density at radius 1 is 1.39 bits per heavy atom. The summed E-state index contributed by atoms with van der Waals surface area (Å²) in [7, 11) is 1.83. The third-order valence-corrected chi connectivity index (χ3v) is 4.84. The smallest absolute Gasteiger partial charge is 0.191 e. The SMILES string of the molecule is CN=C(NCC(C)c1cccc(C)c1)NC1CC2CCC1O2.I. The number of fused-ring (bicyclic) bond motifs is 2. The topological polar surface area (TPSA) is 45.7 Å². The largest absolute Gasteiger partial charge is 0.373 e. The number of halogens is 1. The molecule has 5 heteroatoms. The number of nitrogens with zero attached hydrogens (tertiary/aromatic N) is 1. The van der Waals surface area contributed by atoms with Gasteiger partial charge in [-0.2, -0.15) is 0 Å². The van der Waals surface area contributed by atoms with Crippen LogP contribution in [0.1, 0.15) is 43.2 Å². The van der Waals surface area contributed by atoms with Crippen molar-refractivity contribution in [2.75, 3.05) is 13.6 Å². The van der Waals surface area contributed by atoms with E-state index in [0.717, 1.165) is 18.9 Å². The summed E-state index contributed by atoms with van der Waals surface area (Å²) in [5, 5.41) is 6.99. The minimum atomic E-state index is 0. The Morgan fingerprint density at radius 2 is 2.22 bits per heavy atom. The van der Waals surface area contributed by atoms with E-state index in [1.165, 1.54) is 24.0 Å². The Morgan fingerprint density at radius 3 is 2.83 bits per heavy atom. The lowest BCUT2D eigenvalue weighted by molar-refractivity contribution is 0.0992. The minimum absolute atomic E-state index is 0. The third kappa shape index (κ3) is 4.59. The minimum Gasteiger partial charge on any atom is -0.373 e. The molecule has 0 saturated carbocycles. The molecule has 2 N–H and O–H groups in total. The summed E-state index contributed by atoms with van der Waals surface area (Å²) in [5.74, 6) is 1.34. The summed E-state index contributed by atoms with van der Waals surface area (Å²) in [6, 6.07) is 9.13. The van der Waals surface area contributed by atoms with Gasteiger partial charge in [0.05, 0.1) is 18.2 Å². The Hall–Kier alpha value is -0.820. The van der Waals surface area contributed by atoms with E-state index in [9.17, 15) is 0 Å². The zero-order valence-corrected chi connectivity index (χ0v) is 16.5. The zero-order chi connectivity index (χ0) is 15.5. The van der Waals surface area contributed by atoms with Crippen LogP contribution in [0.4, 0.5) is 0 Å². The molecule has 0 radical (unpaired) electrons. The highest BCUT2D eigenvalue weighted by Crippen LogP contribution is 2.34. The summed E-state index contributed by atoms with van der Waals surface area (Å²) in [5.41, 5.74) is 2.68. The molecule has 2 bridgehead atoms. The van der Waals surface area contributed by atoms with Gasteiger partial charge in [-0.3, -0.25) is 4.99 Å². The van der Waals surface area contributed by atoms with Crippen LogP contribution in [0, 0.1) is 6.92 Å². The standard InChI is InChI=1S/C18H27N3O.HI/c1-12-5-4-6-14(9-12)13(2)11-20-18(19-3)21-16-10-15-7-8-17(16)22-15;/h4-6,9,13,15-17H,7-8,10-11H2,1-3H3,(H2,19,20,21);1H. The third-order valence-electron chi connectivity index (χ3n) is 4.84. The number of ether oxygens (including phenoxy) is 1. The number of hydrogen-bond donors (Lipinski definition) is 2. The van der Waals surface area contributed by atoms with Crippen LogP contribution < -0.4 is 10.6 Å². The Balaban J connectivity index is 0.00000192. The van der Waals surface area contributed by atoms with E-state index in [2.05, 4.69) is 53.7 Å². The van der Waals surface area contributed by atoms with Crippen molar-refractivity contribution in [3.8, 4) is 0 Å². The van der Waals surface area contributed by atoms with E-state index in [-0.39, 0.29) is 24.0 Å². The van der Waals surface area contributed by atoms with Gasteiger partial charge < -0.3 is 15.4 Å². The maximum absolute atomic E-state index is 5.89. The van der Waals surface area contributed by atoms with Crippen LogP contribution in [-0.2, 0) is 4.74 Å². The molecule has 2 fully saturated rings. The molecule has 128 valence electrons. The van der Waals surface area contributed by atoms with Gasteiger partial charge >= 0.3 is 0 Å². The van der Waals surface area contributed by atoms with Gasteiger partial charge in [0.1, 0.15) is 0 Å². The van der Waals surface area contributed by atoms with Crippen molar-refractivity contribution >= 4 is 29.9 Å². The van der Waals surface area contributed by atoms with Crippen molar-refractivity contribution in [1.29, 1.82) is 0 Å². The van der Waals surface area contributed by atoms with Crippen molar-refractivity contribution in [1.82, 2.24) is 10.6 Å². The van der Waals surface area contributed by atoms with Gasteiger partial charge in [-0.25, -0.2) is 0 Å². The Labute approximate surface area is 156 Å². The molecule has 2 aliphatic rings. The molecule has 0 spiro atoms. The average Bonchev–Trinajstić information content (AvgIpc) is 3.13. The molecule has 0 amide bonds. The monoisotopic (exact) mass is 429 g/mol. The van der Waals surface area contributed by atoms with Gasteiger partial charge in [-0.05, 0) is 37.7 Å². The predicted molar refractivity (Wildman–Crippen MR) is 106 cm³/mol. The highest BCUT2D eigenvalue weighted by Gasteiger charge is 2.41. The van der Waals surface area contributed by atoms with Gasteiger partial charge in [-0.15, -0.1) is 24.0 Å². The number of hydrogen-bond acceptors (Lipinski definition) is 2. The number of guanidine groups is 1. The van der Waals surface area contributed by atoms with E-state index in [1.807, 2.05) is 7.05 Å². The van der Waals surface area contributed by atoms with E-state index in [1.54, 1.807) is 0 Å². The molecule has 4 unspecified atom stereocenters. The van der Waals surface area contributed by atoms with Crippen molar-refractivity contribution in [2.24, 2.45) is 4.99 Å². The number of aryl methyl sites for hydroxylation is 1. The summed E-state index contributed by atoms with van der Waals surface area (Å²) >= 11 is 0. The molecule has 2 saturated heterocycles. The van der Waals surface area contributed by atoms with E-state index >= 15 is 0 Å². The van der Waals surface area contributed by atoms with E-state index in [4.69, 9.17) is 4.74 Å². The molecule has 3 rings (SSSR count). The average molecular weight is 429 g/mol. The second-order valence-electron chi connectivity index (χ2n) is 6.63. The fourth-order valence-corrected chi connectivity index (χ4v) is 3.50.